The molecule has 0 amide bonds. The van der Waals surface area contributed by atoms with Gasteiger partial charge in [-0.2, -0.15) is 0 Å². The lowest BCUT2D eigenvalue weighted by Crippen LogP contribution is -1.83. The van der Waals surface area contributed by atoms with Gasteiger partial charge in [-0.15, -0.1) is 0 Å². The monoisotopic (exact) mass is 247 g/mol. The fourth-order valence-corrected chi connectivity index (χ4v) is 1.46. The van der Waals surface area contributed by atoms with Crippen LogP contribution in [0, 0.1) is 6.07 Å². The summed E-state index contributed by atoms with van der Waals surface area (Å²) in [7, 11) is 0. The van der Waals surface area contributed by atoms with Gasteiger partial charge in [-0.1, -0.05) is 24.3 Å². The molecule has 1 radical (unpaired) electrons. The number of ether oxygens (including phenoxy) is 1. The number of hydrogen-bond acceptors (Lipinski definition) is 1. The lowest BCUT2D eigenvalue weighted by atomic mass is 10.3. The number of para-hydroxylation sites is 1. The summed E-state index contributed by atoms with van der Waals surface area (Å²) in [6.07, 6.45) is 0. The highest BCUT2D eigenvalue weighted by Crippen LogP contribution is 2.28. The van der Waals surface area contributed by atoms with E-state index in [4.69, 9.17) is 4.74 Å². The Morgan fingerprint density at radius 2 is 1.71 bits per heavy atom. The van der Waals surface area contributed by atoms with Gasteiger partial charge in [-0.25, -0.2) is 0 Å². The summed E-state index contributed by atoms with van der Waals surface area (Å²) in [6, 6.07) is 18.1. The Balaban J connectivity index is 2.24. The molecule has 2 aromatic rings. The van der Waals surface area contributed by atoms with E-state index in [0.29, 0.717) is 0 Å². The van der Waals surface area contributed by atoms with E-state index in [2.05, 4.69) is 22.0 Å². The molecule has 0 aliphatic rings. The molecule has 0 saturated heterocycles. The normalized spacial score (nSPS) is 9.79. The molecule has 0 saturated carbocycles. The quantitative estimate of drug-likeness (QED) is 0.779. The zero-order chi connectivity index (χ0) is 9.80. The smallest absolute Gasteiger partial charge is 0.141 e. The van der Waals surface area contributed by atoms with Gasteiger partial charge < -0.3 is 4.74 Å². The van der Waals surface area contributed by atoms with Gasteiger partial charge in [0.25, 0.3) is 0 Å². The Bertz CT molecular complexity index is 412. The average Bonchev–Trinajstić information content (AvgIpc) is 2.23. The molecule has 1 nitrogen and oxygen atoms in total. The van der Waals surface area contributed by atoms with Crippen molar-refractivity contribution in [2.75, 3.05) is 0 Å². The molecule has 0 atom stereocenters. The Morgan fingerprint density at radius 1 is 1.00 bits per heavy atom. The summed E-state index contributed by atoms with van der Waals surface area (Å²) in [5.74, 6) is 1.63. The Kier molecular flexibility index (Phi) is 2.84. The van der Waals surface area contributed by atoms with Crippen molar-refractivity contribution in [3.05, 3.63) is 59.1 Å². The Morgan fingerprint density at radius 3 is 2.43 bits per heavy atom. The van der Waals surface area contributed by atoms with E-state index in [1.165, 1.54) is 0 Å². The van der Waals surface area contributed by atoms with E-state index in [1.54, 1.807) is 0 Å². The molecule has 0 fully saturated rings. The summed E-state index contributed by atoms with van der Waals surface area (Å²) < 4.78 is 6.59. The van der Waals surface area contributed by atoms with Crippen LogP contribution >= 0.6 is 15.9 Å². The molecule has 69 valence electrons. The van der Waals surface area contributed by atoms with Crippen molar-refractivity contribution in [1.29, 1.82) is 0 Å². The molecule has 0 aromatic heterocycles. The van der Waals surface area contributed by atoms with Crippen LogP contribution in [0.25, 0.3) is 0 Å². The first kappa shape index (κ1) is 9.28. The standard InChI is InChI=1S/C12H8BrO/c13-11-8-4-5-9-12(11)14-10-6-2-1-3-7-10/h2-9H. The van der Waals surface area contributed by atoms with E-state index >= 15 is 0 Å². The van der Waals surface area contributed by atoms with Crippen LogP contribution in [0.5, 0.6) is 11.5 Å². The first-order valence-corrected chi connectivity index (χ1v) is 5.04. The zero-order valence-electron chi connectivity index (χ0n) is 7.41. The molecular weight excluding hydrogens is 240 g/mol. The first-order chi connectivity index (χ1) is 6.86. The molecular formula is C12H8BrO. The minimum Gasteiger partial charge on any atom is -0.456 e. The van der Waals surface area contributed by atoms with Crippen LogP contribution in [0.15, 0.2) is 53.0 Å². The molecule has 0 unspecified atom stereocenters. The third-order valence-electron chi connectivity index (χ3n) is 1.75. The van der Waals surface area contributed by atoms with E-state index < -0.39 is 0 Å². The van der Waals surface area contributed by atoms with Crippen molar-refractivity contribution in [3.8, 4) is 11.5 Å². The zero-order valence-corrected chi connectivity index (χ0v) is 8.99. The Hall–Kier alpha value is -1.28. The van der Waals surface area contributed by atoms with Gasteiger partial charge in [0.2, 0.25) is 0 Å². The largest absolute Gasteiger partial charge is 0.456 e. The number of hydrogen-bond donors (Lipinski definition) is 0. The van der Waals surface area contributed by atoms with Crippen molar-refractivity contribution < 1.29 is 4.74 Å². The highest BCUT2D eigenvalue weighted by Gasteiger charge is 1.99. The second-order valence-corrected chi connectivity index (χ2v) is 3.62. The predicted octanol–water partition coefficient (Wildman–Crippen LogP) is 4.04. The molecule has 0 aliphatic carbocycles. The van der Waals surface area contributed by atoms with Crippen LogP contribution < -0.4 is 4.74 Å². The summed E-state index contributed by atoms with van der Waals surface area (Å²) in [5, 5.41) is 0. The van der Waals surface area contributed by atoms with Gasteiger partial charge in [0.1, 0.15) is 11.5 Å². The van der Waals surface area contributed by atoms with Gasteiger partial charge in [0.05, 0.1) is 4.47 Å². The molecule has 2 heteroatoms. The fourth-order valence-electron chi connectivity index (χ4n) is 1.09. The molecule has 14 heavy (non-hydrogen) atoms. The maximum absolute atomic E-state index is 5.64. The number of benzene rings is 2. The summed E-state index contributed by atoms with van der Waals surface area (Å²) in [6.45, 7) is 0. The molecule has 0 aliphatic heterocycles. The molecule has 0 bridgehead atoms. The molecule has 0 spiro atoms. The average molecular weight is 248 g/mol. The van der Waals surface area contributed by atoms with Crippen LogP contribution in [-0.4, -0.2) is 0 Å². The van der Waals surface area contributed by atoms with Gasteiger partial charge >= 0.3 is 0 Å². The van der Waals surface area contributed by atoms with E-state index in [1.807, 2.05) is 48.5 Å². The van der Waals surface area contributed by atoms with Crippen molar-refractivity contribution in [1.82, 2.24) is 0 Å². The highest BCUT2D eigenvalue weighted by atomic mass is 79.9. The molecule has 2 rings (SSSR count). The molecule has 0 N–H and O–H groups in total. The summed E-state index contributed by atoms with van der Waals surface area (Å²) in [5.41, 5.74) is 0. The van der Waals surface area contributed by atoms with Crippen molar-refractivity contribution >= 4 is 15.9 Å². The van der Waals surface area contributed by atoms with Gasteiger partial charge in [0, 0.05) is 0 Å². The van der Waals surface area contributed by atoms with Crippen molar-refractivity contribution in [2.24, 2.45) is 0 Å². The summed E-state index contributed by atoms with van der Waals surface area (Å²) in [4.78, 5) is 0. The topological polar surface area (TPSA) is 9.23 Å². The molecule has 0 heterocycles. The van der Waals surface area contributed by atoms with Crippen LogP contribution in [0.1, 0.15) is 0 Å². The fraction of sp³-hybridized carbons (Fsp3) is 0. The first-order valence-electron chi connectivity index (χ1n) is 4.25. The van der Waals surface area contributed by atoms with Crippen molar-refractivity contribution in [2.45, 2.75) is 0 Å². The minimum absolute atomic E-state index is 0.815. The second kappa shape index (κ2) is 4.29. The van der Waals surface area contributed by atoms with Gasteiger partial charge in [0.15, 0.2) is 0 Å². The van der Waals surface area contributed by atoms with Gasteiger partial charge in [-0.3, -0.25) is 0 Å². The van der Waals surface area contributed by atoms with Crippen molar-refractivity contribution in [3.63, 3.8) is 0 Å². The molecule has 2 aromatic carbocycles. The Labute approximate surface area is 91.5 Å². The second-order valence-electron chi connectivity index (χ2n) is 2.77. The van der Waals surface area contributed by atoms with E-state index in [9.17, 15) is 0 Å². The number of rotatable bonds is 2. The summed E-state index contributed by atoms with van der Waals surface area (Å²) >= 11 is 3.42. The van der Waals surface area contributed by atoms with E-state index in [0.717, 1.165) is 16.0 Å². The van der Waals surface area contributed by atoms with E-state index in [-0.39, 0.29) is 0 Å². The van der Waals surface area contributed by atoms with Crippen LogP contribution in [0.2, 0.25) is 0 Å². The maximum atomic E-state index is 5.64. The third kappa shape index (κ3) is 2.15. The predicted molar refractivity (Wildman–Crippen MR) is 59.5 cm³/mol. The maximum Gasteiger partial charge on any atom is 0.141 e. The van der Waals surface area contributed by atoms with Crippen LogP contribution in [0.4, 0.5) is 0 Å². The van der Waals surface area contributed by atoms with Crippen LogP contribution in [0.3, 0.4) is 0 Å². The SMILES string of the molecule is Brc1ccccc1Oc1cc[c]cc1. The van der Waals surface area contributed by atoms with Crippen LogP contribution in [-0.2, 0) is 0 Å². The lowest BCUT2D eigenvalue weighted by Gasteiger charge is -2.06. The highest BCUT2D eigenvalue weighted by molar-refractivity contribution is 9.10. The van der Waals surface area contributed by atoms with Gasteiger partial charge in [-0.05, 0) is 46.3 Å². The number of halogens is 1. The third-order valence-corrected chi connectivity index (χ3v) is 2.41. The lowest BCUT2D eigenvalue weighted by molar-refractivity contribution is 0.479. The minimum atomic E-state index is 0.815.